The van der Waals surface area contributed by atoms with Crippen LogP contribution in [0, 0.1) is 17.5 Å². The fraction of sp³-hybridized carbons (Fsp3) is 0.462. The average molecular weight is 642 g/mol. The Morgan fingerprint density at radius 1 is 1.05 bits per heavy atom. The van der Waals surface area contributed by atoms with Crippen molar-refractivity contribution in [3.05, 3.63) is 71.2 Å². The maximum atomic E-state index is 13.9. The third-order valence-electron chi connectivity index (χ3n) is 7.38. The standard InChI is InChI=1S/C26H23F8N3O5S/c27-14-5-11(6-15(28)18(14)29)16-7-37(36-35-16)19-20(39)17(8-38)42-23(21(19)40)43-22(24(41)9-25(30,31)10-24)12-3-1-2-4-13(12)26(32,33)34/h1-7,17,19-23,38-41H,8-10H2/t17-,19+,20+,21-,22+,23+/m1/s1. The summed E-state index contributed by atoms with van der Waals surface area (Å²) in [6, 6.07) is 3.71. The summed E-state index contributed by atoms with van der Waals surface area (Å²) in [5, 5.41) is 48.8. The summed E-state index contributed by atoms with van der Waals surface area (Å²) in [6.45, 7) is -0.871. The van der Waals surface area contributed by atoms with Gasteiger partial charge in [0.05, 0.1) is 29.2 Å². The minimum absolute atomic E-state index is 0.226. The van der Waals surface area contributed by atoms with Crippen molar-refractivity contribution < 1.29 is 60.3 Å². The van der Waals surface area contributed by atoms with E-state index < -0.39 is 101 Å². The van der Waals surface area contributed by atoms with Crippen molar-refractivity contribution in [2.24, 2.45) is 0 Å². The van der Waals surface area contributed by atoms with Crippen LogP contribution in [0.3, 0.4) is 0 Å². The van der Waals surface area contributed by atoms with Crippen molar-refractivity contribution in [3.63, 3.8) is 0 Å². The fourth-order valence-electron chi connectivity index (χ4n) is 5.39. The zero-order chi connectivity index (χ0) is 31.5. The van der Waals surface area contributed by atoms with Crippen molar-refractivity contribution in [2.75, 3.05) is 6.61 Å². The smallest absolute Gasteiger partial charge is 0.394 e. The van der Waals surface area contributed by atoms with E-state index in [1.54, 1.807) is 0 Å². The van der Waals surface area contributed by atoms with E-state index in [0.29, 0.717) is 30.0 Å². The number of hydrogen-bond acceptors (Lipinski definition) is 8. The van der Waals surface area contributed by atoms with Crippen LogP contribution in [0.4, 0.5) is 35.1 Å². The SMILES string of the molecule is OC[C@H]1O[C@@H](S[C@@H](c2ccccc2C(F)(F)F)C2(O)CC(F)(F)C2)[C@H](O)[C@@H](n2cc(-c3cc(F)c(F)c(F)c3)nn2)[C@H]1O. The minimum Gasteiger partial charge on any atom is -0.394 e. The molecule has 0 unspecified atom stereocenters. The first-order valence-corrected chi connectivity index (χ1v) is 13.6. The lowest BCUT2D eigenvalue weighted by atomic mass is 9.72. The maximum Gasteiger partial charge on any atom is 0.416 e. The van der Waals surface area contributed by atoms with E-state index in [0.717, 1.165) is 23.0 Å². The van der Waals surface area contributed by atoms with Crippen molar-refractivity contribution in [2.45, 2.75) is 65.6 Å². The van der Waals surface area contributed by atoms with Gasteiger partial charge in [0.25, 0.3) is 5.92 Å². The molecular formula is C26H23F8N3O5S. The first kappa shape index (κ1) is 31.6. The highest BCUT2D eigenvalue weighted by atomic mass is 32.2. The van der Waals surface area contributed by atoms with Gasteiger partial charge in [0.2, 0.25) is 0 Å². The number of aliphatic hydroxyl groups excluding tert-OH is 3. The van der Waals surface area contributed by atoms with Crippen LogP contribution in [0.1, 0.15) is 35.3 Å². The van der Waals surface area contributed by atoms with E-state index >= 15 is 0 Å². The number of aliphatic hydroxyl groups is 4. The predicted molar refractivity (Wildman–Crippen MR) is 133 cm³/mol. The van der Waals surface area contributed by atoms with Crippen molar-refractivity contribution in [1.82, 2.24) is 15.0 Å². The lowest BCUT2D eigenvalue weighted by Gasteiger charge is -2.50. The maximum absolute atomic E-state index is 13.9. The Kier molecular flexibility index (Phi) is 8.28. The Morgan fingerprint density at radius 2 is 1.67 bits per heavy atom. The van der Waals surface area contributed by atoms with Crippen LogP contribution in [0.5, 0.6) is 0 Å². The minimum atomic E-state index is -4.94. The van der Waals surface area contributed by atoms with Gasteiger partial charge in [-0.2, -0.15) is 13.2 Å². The topological polar surface area (TPSA) is 121 Å². The molecule has 0 radical (unpaired) electrons. The molecule has 0 spiro atoms. The van der Waals surface area contributed by atoms with E-state index in [1.807, 2.05) is 0 Å². The highest BCUT2D eigenvalue weighted by molar-refractivity contribution is 8.00. The van der Waals surface area contributed by atoms with Crippen LogP contribution in [0.25, 0.3) is 11.3 Å². The highest BCUT2D eigenvalue weighted by Gasteiger charge is 2.62. The monoisotopic (exact) mass is 641 g/mol. The molecule has 8 nitrogen and oxygen atoms in total. The molecule has 1 aromatic heterocycles. The van der Waals surface area contributed by atoms with Gasteiger partial charge in [-0.3, -0.25) is 0 Å². The number of benzene rings is 2. The number of alkyl halides is 5. The second-order valence-electron chi connectivity index (χ2n) is 10.4. The van der Waals surface area contributed by atoms with Crippen LogP contribution >= 0.6 is 11.8 Å². The zero-order valence-corrected chi connectivity index (χ0v) is 22.4. The Labute approximate surface area is 241 Å². The molecule has 2 aromatic carbocycles. The number of aromatic nitrogens is 3. The van der Waals surface area contributed by atoms with Gasteiger partial charge in [0.15, 0.2) is 17.5 Å². The first-order chi connectivity index (χ1) is 20.0. The van der Waals surface area contributed by atoms with Gasteiger partial charge in [0, 0.05) is 18.4 Å². The molecule has 0 amide bonds. The molecule has 1 saturated heterocycles. The van der Waals surface area contributed by atoms with Gasteiger partial charge in [0.1, 0.15) is 35.5 Å². The Bertz CT molecular complexity index is 1460. The molecule has 0 bridgehead atoms. The average Bonchev–Trinajstić information content (AvgIpc) is 3.39. The summed E-state index contributed by atoms with van der Waals surface area (Å²) in [4.78, 5) is 0. The van der Waals surface area contributed by atoms with Gasteiger partial charge < -0.3 is 25.2 Å². The predicted octanol–water partition coefficient (Wildman–Crippen LogP) is 4.00. The molecular weight excluding hydrogens is 618 g/mol. The van der Waals surface area contributed by atoms with E-state index in [9.17, 15) is 55.5 Å². The molecule has 6 atom stereocenters. The molecule has 234 valence electrons. The molecule has 4 N–H and O–H groups in total. The largest absolute Gasteiger partial charge is 0.416 e. The molecule has 2 aliphatic rings. The number of thioether (sulfide) groups is 1. The molecule has 43 heavy (non-hydrogen) atoms. The molecule has 5 rings (SSSR count). The molecule has 17 heteroatoms. The van der Waals surface area contributed by atoms with Crippen LogP contribution < -0.4 is 0 Å². The van der Waals surface area contributed by atoms with Gasteiger partial charge in [-0.1, -0.05) is 23.4 Å². The van der Waals surface area contributed by atoms with E-state index in [2.05, 4.69) is 10.3 Å². The summed E-state index contributed by atoms with van der Waals surface area (Å²) >= 11 is 0.389. The van der Waals surface area contributed by atoms with E-state index in [4.69, 9.17) is 4.74 Å². The quantitative estimate of drug-likeness (QED) is 0.226. The Hall–Kier alpha value is -2.83. The third kappa shape index (κ3) is 5.98. The van der Waals surface area contributed by atoms with Gasteiger partial charge >= 0.3 is 6.18 Å². The van der Waals surface area contributed by atoms with Gasteiger partial charge in [-0.05, 0) is 23.8 Å². The van der Waals surface area contributed by atoms with Crippen LogP contribution in [0.15, 0.2) is 42.6 Å². The van der Waals surface area contributed by atoms with Gasteiger partial charge in [-0.25, -0.2) is 26.6 Å². The number of halogens is 8. The summed E-state index contributed by atoms with van der Waals surface area (Å²) < 4.78 is 117. The van der Waals surface area contributed by atoms with E-state index in [1.165, 1.54) is 6.07 Å². The third-order valence-corrected chi connectivity index (χ3v) is 9.00. The van der Waals surface area contributed by atoms with Crippen molar-refractivity contribution in [1.29, 1.82) is 0 Å². The number of nitrogens with zero attached hydrogens (tertiary/aromatic N) is 3. The normalized spacial score (nSPS) is 27.5. The molecule has 2 fully saturated rings. The first-order valence-electron chi connectivity index (χ1n) is 12.7. The lowest BCUT2D eigenvalue weighted by molar-refractivity contribution is -0.206. The van der Waals surface area contributed by atoms with E-state index in [-0.39, 0.29) is 11.3 Å². The second-order valence-corrected chi connectivity index (χ2v) is 11.7. The summed E-state index contributed by atoms with van der Waals surface area (Å²) in [7, 11) is 0. The number of hydrogen-bond donors (Lipinski definition) is 4. The van der Waals surface area contributed by atoms with Crippen molar-refractivity contribution >= 4 is 11.8 Å². The molecule has 2 heterocycles. The van der Waals surface area contributed by atoms with Gasteiger partial charge in [-0.15, -0.1) is 16.9 Å². The summed E-state index contributed by atoms with van der Waals surface area (Å²) in [5.74, 6) is -8.16. The molecule has 1 saturated carbocycles. The molecule has 1 aliphatic carbocycles. The zero-order valence-electron chi connectivity index (χ0n) is 21.6. The Balaban J connectivity index is 1.51. The summed E-state index contributed by atoms with van der Waals surface area (Å²) in [5.41, 5.74) is -6.26. The number of ether oxygens (including phenoxy) is 1. The summed E-state index contributed by atoms with van der Waals surface area (Å²) in [6.07, 6.45) is -11.4. The number of rotatable bonds is 7. The highest BCUT2D eigenvalue weighted by Crippen LogP contribution is 2.59. The van der Waals surface area contributed by atoms with Crippen molar-refractivity contribution in [3.8, 4) is 11.3 Å². The molecule has 1 aliphatic heterocycles. The lowest BCUT2D eigenvalue weighted by Crippen LogP contribution is -2.58. The second kappa shape index (κ2) is 11.3. The van der Waals surface area contributed by atoms with Crippen LogP contribution in [0.2, 0.25) is 0 Å². The van der Waals surface area contributed by atoms with Crippen LogP contribution in [-0.2, 0) is 10.9 Å². The fourth-order valence-corrected chi connectivity index (χ4v) is 6.96. The molecule has 3 aromatic rings. The van der Waals surface area contributed by atoms with Crippen LogP contribution in [-0.4, -0.2) is 77.3 Å². The Morgan fingerprint density at radius 3 is 2.26 bits per heavy atom.